The van der Waals surface area contributed by atoms with E-state index in [4.69, 9.17) is 5.73 Å². The van der Waals surface area contributed by atoms with Gasteiger partial charge in [-0.05, 0) is 31.9 Å². The molecule has 0 aliphatic heterocycles. The molecule has 2 rings (SSSR count). The minimum absolute atomic E-state index is 0.0272. The predicted molar refractivity (Wildman–Crippen MR) is 62.9 cm³/mol. The number of nitrogens with two attached hydrogens (primary N) is 1. The summed E-state index contributed by atoms with van der Waals surface area (Å²) in [7, 11) is 0. The summed E-state index contributed by atoms with van der Waals surface area (Å²) in [5, 5.41) is 6.01. The second kappa shape index (κ2) is 4.38. The molecule has 1 aliphatic rings. The van der Waals surface area contributed by atoms with Crippen LogP contribution < -0.4 is 16.4 Å². The lowest BCUT2D eigenvalue weighted by molar-refractivity contribution is -0.121. The van der Waals surface area contributed by atoms with E-state index in [1.54, 1.807) is 12.3 Å². The molecular weight excluding hydrogens is 204 g/mol. The van der Waals surface area contributed by atoms with Crippen molar-refractivity contribution in [2.45, 2.75) is 31.8 Å². The van der Waals surface area contributed by atoms with Gasteiger partial charge in [0, 0.05) is 6.04 Å². The van der Waals surface area contributed by atoms with Crippen molar-refractivity contribution in [3.8, 4) is 0 Å². The Morgan fingerprint density at radius 3 is 2.88 bits per heavy atom. The topological polar surface area (TPSA) is 80.0 Å². The van der Waals surface area contributed by atoms with E-state index in [0.29, 0.717) is 11.9 Å². The van der Waals surface area contributed by atoms with Crippen molar-refractivity contribution in [1.82, 2.24) is 10.3 Å². The third kappa shape index (κ3) is 2.85. The molecule has 1 heterocycles. The molecule has 1 amide bonds. The van der Waals surface area contributed by atoms with E-state index in [-0.39, 0.29) is 11.9 Å². The number of anilines is 2. The van der Waals surface area contributed by atoms with E-state index in [1.807, 2.05) is 13.0 Å². The van der Waals surface area contributed by atoms with Crippen molar-refractivity contribution >= 4 is 17.4 Å². The van der Waals surface area contributed by atoms with Gasteiger partial charge in [0.2, 0.25) is 5.91 Å². The standard InChI is InChI=1S/C11H16N4O/c1-7(11(16)15-8-2-3-8)14-9-4-5-10(12)13-6-9/h4-8,14H,2-3H2,1H3,(H2,12,13)(H,15,16). The van der Waals surface area contributed by atoms with Crippen LogP contribution in [-0.4, -0.2) is 23.0 Å². The van der Waals surface area contributed by atoms with E-state index >= 15 is 0 Å². The molecule has 0 aromatic carbocycles. The van der Waals surface area contributed by atoms with Crippen LogP contribution >= 0.6 is 0 Å². The Kier molecular flexibility index (Phi) is 2.94. The van der Waals surface area contributed by atoms with E-state index in [9.17, 15) is 4.79 Å². The van der Waals surface area contributed by atoms with Gasteiger partial charge in [0.1, 0.15) is 11.9 Å². The smallest absolute Gasteiger partial charge is 0.242 e. The second-order valence-electron chi connectivity index (χ2n) is 4.12. The monoisotopic (exact) mass is 220 g/mol. The molecule has 5 heteroatoms. The van der Waals surface area contributed by atoms with Crippen LogP contribution in [0.4, 0.5) is 11.5 Å². The van der Waals surface area contributed by atoms with Crippen LogP contribution in [0.25, 0.3) is 0 Å². The lowest BCUT2D eigenvalue weighted by atomic mass is 10.3. The van der Waals surface area contributed by atoms with E-state index < -0.39 is 0 Å². The summed E-state index contributed by atoms with van der Waals surface area (Å²) in [5.74, 6) is 0.500. The first-order valence-electron chi connectivity index (χ1n) is 5.43. The third-order valence-corrected chi connectivity index (χ3v) is 2.49. The van der Waals surface area contributed by atoms with Crippen molar-refractivity contribution in [2.24, 2.45) is 0 Å². The average molecular weight is 220 g/mol. The molecule has 0 radical (unpaired) electrons. The Morgan fingerprint density at radius 2 is 2.31 bits per heavy atom. The van der Waals surface area contributed by atoms with E-state index in [1.165, 1.54) is 0 Å². The SMILES string of the molecule is CC(Nc1ccc(N)nc1)C(=O)NC1CC1. The molecule has 0 saturated heterocycles. The summed E-state index contributed by atoms with van der Waals surface area (Å²) < 4.78 is 0. The number of nitrogens with one attached hydrogen (secondary N) is 2. The number of carbonyl (C=O) groups excluding carboxylic acids is 1. The number of rotatable bonds is 4. The molecule has 1 saturated carbocycles. The maximum atomic E-state index is 11.6. The van der Waals surface area contributed by atoms with Crippen LogP contribution in [0.2, 0.25) is 0 Å². The van der Waals surface area contributed by atoms with Gasteiger partial charge in [-0.15, -0.1) is 0 Å². The molecule has 1 fully saturated rings. The maximum Gasteiger partial charge on any atom is 0.242 e. The molecule has 86 valence electrons. The highest BCUT2D eigenvalue weighted by molar-refractivity contribution is 5.84. The van der Waals surface area contributed by atoms with Gasteiger partial charge in [-0.1, -0.05) is 0 Å². The molecule has 1 aliphatic carbocycles. The Bertz CT molecular complexity index is 372. The van der Waals surface area contributed by atoms with Crippen molar-refractivity contribution in [3.63, 3.8) is 0 Å². The first-order valence-corrected chi connectivity index (χ1v) is 5.43. The highest BCUT2D eigenvalue weighted by Gasteiger charge is 2.25. The Hall–Kier alpha value is -1.78. The summed E-state index contributed by atoms with van der Waals surface area (Å²) in [6.45, 7) is 1.83. The van der Waals surface area contributed by atoms with Crippen molar-refractivity contribution < 1.29 is 4.79 Å². The zero-order valence-electron chi connectivity index (χ0n) is 9.23. The van der Waals surface area contributed by atoms with Crippen LogP contribution in [0.15, 0.2) is 18.3 Å². The first kappa shape index (κ1) is 10.7. The summed E-state index contributed by atoms with van der Waals surface area (Å²) in [5.41, 5.74) is 6.27. The van der Waals surface area contributed by atoms with Gasteiger partial charge in [0.05, 0.1) is 11.9 Å². The fraction of sp³-hybridized carbons (Fsp3) is 0.455. The lowest BCUT2D eigenvalue weighted by Gasteiger charge is -2.14. The number of carbonyl (C=O) groups is 1. The summed E-state index contributed by atoms with van der Waals surface area (Å²) in [6, 6.07) is 3.64. The number of nitrogens with zero attached hydrogens (tertiary/aromatic N) is 1. The molecule has 1 aromatic heterocycles. The number of nitrogen functional groups attached to an aromatic ring is 1. The number of hydrogen-bond donors (Lipinski definition) is 3. The lowest BCUT2D eigenvalue weighted by Crippen LogP contribution is -2.38. The van der Waals surface area contributed by atoms with Crippen LogP contribution in [0.5, 0.6) is 0 Å². The fourth-order valence-electron chi connectivity index (χ4n) is 1.36. The minimum Gasteiger partial charge on any atom is -0.384 e. The highest BCUT2D eigenvalue weighted by atomic mass is 16.2. The molecule has 5 nitrogen and oxygen atoms in total. The second-order valence-corrected chi connectivity index (χ2v) is 4.12. The van der Waals surface area contributed by atoms with E-state index in [0.717, 1.165) is 18.5 Å². The van der Waals surface area contributed by atoms with Gasteiger partial charge in [-0.3, -0.25) is 4.79 Å². The van der Waals surface area contributed by atoms with E-state index in [2.05, 4.69) is 15.6 Å². The molecule has 0 spiro atoms. The third-order valence-electron chi connectivity index (χ3n) is 2.49. The summed E-state index contributed by atoms with van der Waals surface area (Å²) in [4.78, 5) is 15.6. The van der Waals surface area contributed by atoms with Crippen molar-refractivity contribution in [2.75, 3.05) is 11.1 Å². The minimum atomic E-state index is -0.258. The normalized spacial score (nSPS) is 16.6. The Morgan fingerprint density at radius 1 is 1.56 bits per heavy atom. The van der Waals surface area contributed by atoms with Crippen LogP contribution in [0.3, 0.4) is 0 Å². The van der Waals surface area contributed by atoms with Gasteiger partial charge in [-0.2, -0.15) is 0 Å². The number of aromatic nitrogens is 1. The Balaban J connectivity index is 1.87. The molecule has 1 atom stereocenters. The Labute approximate surface area is 94.4 Å². The van der Waals surface area contributed by atoms with Gasteiger partial charge < -0.3 is 16.4 Å². The van der Waals surface area contributed by atoms with Crippen LogP contribution in [-0.2, 0) is 4.79 Å². The predicted octanol–water partition coefficient (Wildman–Crippen LogP) is 0.743. The van der Waals surface area contributed by atoms with Gasteiger partial charge in [0.15, 0.2) is 0 Å². The molecular formula is C11H16N4O. The van der Waals surface area contributed by atoms with Crippen molar-refractivity contribution in [3.05, 3.63) is 18.3 Å². The summed E-state index contributed by atoms with van der Waals surface area (Å²) in [6.07, 6.45) is 3.82. The number of amides is 1. The van der Waals surface area contributed by atoms with Gasteiger partial charge in [-0.25, -0.2) is 4.98 Å². The number of pyridine rings is 1. The number of hydrogen-bond acceptors (Lipinski definition) is 4. The highest BCUT2D eigenvalue weighted by Crippen LogP contribution is 2.19. The van der Waals surface area contributed by atoms with Crippen LogP contribution in [0.1, 0.15) is 19.8 Å². The molecule has 16 heavy (non-hydrogen) atoms. The molecule has 4 N–H and O–H groups in total. The zero-order chi connectivity index (χ0) is 11.5. The van der Waals surface area contributed by atoms with Crippen molar-refractivity contribution in [1.29, 1.82) is 0 Å². The molecule has 1 unspecified atom stereocenters. The largest absolute Gasteiger partial charge is 0.384 e. The quantitative estimate of drug-likeness (QED) is 0.699. The van der Waals surface area contributed by atoms with Gasteiger partial charge in [0.25, 0.3) is 0 Å². The zero-order valence-corrected chi connectivity index (χ0v) is 9.23. The maximum absolute atomic E-state index is 11.6. The summed E-state index contributed by atoms with van der Waals surface area (Å²) >= 11 is 0. The average Bonchev–Trinajstić information content (AvgIpc) is 3.05. The fourth-order valence-corrected chi connectivity index (χ4v) is 1.36. The molecule has 1 aromatic rings. The van der Waals surface area contributed by atoms with Gasteiger partial charge >= 0.3 is 0 Å². The van der Waals surface area contributed by atoms with Crippen LogP contribution in [0, 0.1) is 0 Å². The first-order chi connectivity index (χ1) is 7.65. The molecule has 0 bridgehead atoms.